The molecule has 2 aliphatic rings. The Labute approximate surface area is 113 Å². The smallest absolute Gasteiger partial charge is 0.337 e. The molecule has 1 heterocycles. The molecule has 0 spiro atoms. The van der Waals surface area contributed by atoms with Crippen molar-refractivity contribution >= 4 is 11.7 Å². The molecule has 0 saturated carbocycles. The molecular formula is C16H19NO2. The largest absolute Gasteiger partial charge is 0.478 e. The van der Waals surface area contributed by atoms with Crippen LogP contribution in [0, 0.1) is 11.8 Å². The number of benzene rings is 1. The van der Waals surface area contributed by atoms with Crippen molar-refractivity contribution in [2.24, 2.45) is 11.8 Å². The van der Waals surface area contributed by atoms with Gasteiger partial charge in [-0.25, -0.2) is 4.79 Å². The van der Waals surface area contributed by atoms with Gasteiger partial charge < -0.3 is 10.4 Å². The number of carboxylic acid groups (broad SMARTS) is 1. The van der Waals surface area contributed by atoms with Gasteiger partial charge in [-0.15, -0.1) is 0 Å². The molecule has 1 aromatic rings. The van der Waals surface area contributed by atoms with Crippen molar-refractivity contribution in [3.8, 4) is 0 Å². The van der Waals surface area contributed by atoms with Crippen molar-refractivity contribution in [3.05, 3.63) is 41.5 Å². The topological polar surface area (TPSA) is 49.3 Å². The Morgan fingerprint density at radius 2 is 2.21 bits per heavy atom. The highest BCUT2D eigenvalue weighted by Crippen LogP contribution is 2.47. The van der Waals surface area contributed by atoms with E-state index in [0.29, 0.717) is 29.4 Å². The van der Waals surface area contributed by atoms with Crippen LogP contribution in [-0.2, 0) is 0 Å². The summed E-state index contributed by atoms with van der Waals surface area (Å²) < 4.78 is 0. The maximum atomic E-state index is 11.4. The van der Waals surface area contributed by atoms with Gasteiger partial charge in [0.1, 0.15) is 0 Å². The highest BCUT2D eigenvalue weighted by molar-refractivity contribution is 5.95. The van der Waals surface area contributed by atoms with E-state index in [1.807, 2.05) is 6.07 Å². The Morgan fingerprint density at radius 3 is 2.89 bits per heavy atom. The molecule has 3 heteroatoms. The van der Waals surface area contributed by atoms with Crippen LogP contribution in [0.15, 0.2) is 30.4 Å². The summed E-state index contributed by atoms with van der Waals surface area (Å²) >= 11 is 0. The number of para-hydroxylation sites is 1. The molecule has 100 valence electrons. The normalized spacial score (nSPS) is 27.8. The van der Waals surface area contributed by atoms with E-state index in [1.165, 1.54) is 0 Å². The zero-order valence-corrected chi connectivity index (χ0v) is 11.3. The van der Waals surface area contributed by atoms with Crippen molar-refractivity contribution in [3.63, 3.8) is 0 Å². The first-order valence-corrected chi connectivity index (χ1v) is 6.89. The van der Waals surface area contributed by atoms with Crippen LogP contribution in [0.2, 0.25) is 0 Å². The average molecular weight is 257 g/mol. The van der Waals surface area contributed by atoms with Gasteiger partial charge in [0.15, 0.2) is 0 Å². The fourth-order valence-corrected chi connectivity index (χ4v) is 3.50. The second-order valence-electron chi connectivity index (χ2n) is 5.84. The molecule has 0 unspecified atom stereocenters. The second kappa shape index (κ2) is 4.41. The lowest BCUT2D eigenvalue weighted by Gasteiger charge is -2.40. The van der Waals surface area contributed by atoms with Crippen molar-refractivity contribution < 1.29 is 9.90 Å². The van der Waals surface area contributed by atoms with Gasteiger partial charge in [0.05, 0.1) is 11.3 Å². The average Bonchev–Trinajstić information content (AvgIpc) is 2.85. The third-order valence-electron chi connectivity index (χ3n) is 4.39. The molecule has 3 atom stereocenters. The Morgan fingerprint density at radius 1 is 1.42 bits per heavy atom. The van der Waals surface area contributed by atoms with Crippen LogP contribution in [0.5, 0.6) is 0 Å². The van der Waals surface area contributed by atoms with Crippen molar-refractivity contribution in [2.75, 3.05) is 5.32 Å². The predicted molar refractivity (Wildman–Crippen MR) is 75.6 cm³/mol. The third-order valence-corrected chi connectivity index (χ3v) is 4.39. The van der Waals surface area contributed by atoms with Crippen molar-refractivity contribution in [1.82, 2.24) is 0 Å². The van der Waals surface area contributed by atoms with E-state index in [4.69, 9.17) is 0 Å². The maximum Gasteiger partial charge on any atom is 0.337 e. The zero-order chi connectivity index (χ0) is 13.6. The number of carbonyl (C=O) groups is 1. The van der Waals surface area contributed by atoms with Crippen molar-refractivity contribution in [1.29, 1.82) is 0 Å². The Balaban J connectivity index is 2.13. The molecule has 0 saturated heterocycles. The van der Waals surface area contributed by atoms with E-state index in [2.05, 4.69) is 37.4 Å². The first-order valence-electron chi connectivity index (χ1n) is 6.89. The SMILES string of the molecule is CC(C)[C@@H]1Nc2c(C(=O)O)cccc2[C@H]2C=CC[C@@H]21. The quantitative estimate of drug-likeness (QED) is 0.797. The first kappa shape index (κ1) is 12.3. The van der Waals surface area contributed by atoms with Crippen LogP contribution in [0.3, 0.4) is 0 Å². The lowest BCUT2D eigenvalue weighted by atomic mass is 9.75. The molecule has 1 aromatic carbocycles. The monoisotopic (exact) mass is 257 g/mol. The molecule has 3 nitrogen and oxygen atoms in total. The summed E-state index contributed by atoms with van der Waals surface area (Å²) in [6, 6.07) is 5.93. The molecule has 2 N–H and O–H groups in total. The van der Waals surface area contributed by atoms with Crippen LogP contribution >= 0.6 is 0 Å². The summed E-state index contributed by atoms with van der Waals surface area (Å²) in [5.41, 5.74) is 2.35. The minimum absolute atomic E-state index is 0.341. The van der Waals surface area contributed by atoms with Gasteiger partial charge in [-0.3, -0.25) is 0 Å². The molecule has 0 amide bonds. The minimum atomic E-state index is -0.854. The number of anilines is 1. The van der Waals surface area contributed by atoms with E-state index < -0.39 is 5.97 Å². The van der Waals surface area contributed by atoms with Gasteiger partial charge in [0.2, 0.25) is 0 Å². The summed E-state index contributed by atoms with van der Waals surface area (Å²) in [6.07, 6.45) is 5.55. The van der Waals surface area contributed by atoms with E-state index >= 15 is 0 Å². The number of carboxylic acids is 1. The van der Waals surface area contributed by atoms with Gasteiger partial charge in [-0.1, -0.05) is 38.1 Å². The van der Waals surface area contributed by atoms with Crippen LogP contribution < -0.4 is 5.32 Å². The Hall–Kier alpha value is -1.77. The van der Waals surface area contributed by atoms with Gasteiger partial charge in [-0.2, -0.15) is 0 Å². The first-order chi connectivity index (χ1) is 9.09. The van der Waals surface area contributed by atoms with E-state index in [9.17, 15) is 9.90 Å². The van der Waals surface area contributed by atoms with Crippen LogP contribution in [0.4, 0.5) is 5.69 Å². The van der Waals surface area contributed by atoms with Gasteiger partial charge >= 0.3 is 5.97 Å². The predicted octanol–water partition coefficient (Wildman–Crippen LogP) is 3.49. The Bertz CT molecular complexity index is 548. The maximum absolute atomic E-state index is 11.4. The number of hydrogen-bond acceptors (Lipinski definition) is 2. The van der Waals surface area contributed by atoms with Crippen LogP contribution in [0.1, 0.15) is 42.1 Å². The molecule has 0 radical (unpaired) electrons. The van der Waals surface area contributed by atoms with Crippen LogP contribution in [0.25, 0.3) is 0 Å². The lowest BCUT2D eigenvalue weighted by Crippen LogP contribution is -2.40. The highest BCUT2D eigenvalue weighted by Gasteiger charge is 2.39. The highest BCUT2D eigenvalue weighted by atomic mass is 16.4. The van der Waals surface area contributed by atoms with Gasteiger partial charge in [0.25, 0.3) is 0 Å². The molecular weight excluding hydrogens is 238 g/mol. The number of rotatable bonds is 2. The van der Waals surface area contributed by atoms with Crippen molar-refractivity contribution in [2.45, 2.75) is 32.2 Å². The Kier molecular flexibility index (Phi) is 2.85. The molecule has 0 fully saturated rings. The summed E-state index contributed by atoms with van der Waals surface area (Å²) in [5.74, 6) is 0.550. The molecule has 19 heavy (non-hydrogen) atoms. The van der Waals surface area contributed by atoms with Gasteiger partial charge in [0, 0.05) is 12.0 Å². The van der Waals surface area contributed by atoms with E-state index in [-0.39, 0.29) is 0 Å². The fraction of sp³-hybridized carbons (Fsp3) is 0.438. The number of nitrogens with one attached hydrogen (secondary N) is 1. The third kappa shape index (κ3) is 1.84. The summed E-state index contributed by atoms with van der Waals surface area (Å²) in [6.45, 7) is 4.39. The number of hydrogen-bond donors (Lipinski definition) is 2. The number of allylic oxidation sites excluding steroid dienone is 2. The van der Waals surface area contributed by atoms with E-state index in [0.717, 1.165) is 17.7 Å². The lowest BCUT2D eigenvalue weighted by molar-refractivity contribution is 0.0697. The van der Waals surface area contributed by atoms with Crippen LogP contribution in [-0.4, -0.2) is 17.1 Å². The number of fused-ring (bicyclic) bond motifs is 3. The summed E-state index contributed by atoms with van der Waals surface area (Å²) in [4.78, 5) is 11.4. The fourth-order valence-electron chi connectivity index (χ4n) is 3.50. The zero-order valence-electron chi connectivity index (χ0n) is 11.3. The number of aromatic carboxylic acids is 1. The molecule has 0 bridgehead atoms. The van der Waals surface area contributed by atoms with E-state index in [1.54, 1.807) is 6.07 Å². The second-order valence-corrected chi connectivity index (χ2v) is 5.84. The standard InChI is InChI=1S/C16H19NO2/c1-9(2)14-11-6-3-5-10(11)12-7-4-8-13(16(18)19)15(12)17-14/h3-5,7-11,14,17H,6H2,1-2H3,(H,18,19)/t10-,11-,14-/m0/s1. The molecule has 1 aliphatic carbocycles. The molecule has 0 aromatic heterocycles. The molecule has 3 rings (SSSR count). The molecule has 1 aliphatic heterocycles. The summed E-state index contributed by atoms with van der Waals surface area (Å²) in [5, 5.41) is 12.8. The minimum Gasteiger partial charge on any atom is -0.478 e. The van der Waals surface area contributed by atoms with Gasteiger partial charge in [-0.05, 0) is 29.9 Å². The summed E-state index contributed by atoms with van der Waals surface area (Å²) in [7, 11) is 0.